The maximum atomic E-state index is 14.0. The number of nitrogens with zero attached hydrogens (tertiary/aromatic N) is 1. The SMILES string of the molecule is CCC1(O)CN(S(=O)(=O)c2cc(OC)c(OC)cc2F)C1. The predicted molar refractivity (Wildman–Crippen MR) is 73.5 cm³/mol. The molecular formula is C13H18FNO5S. The van der Waals surface area contributed by atoms with E-state index in [0.29, 0.717) is 6.42 Å². The lowest BCUT2D eigenvalue weighted by Gasteiger charge is -2.44. The summed E-state index contributed by atoms with van der Waals surface area (Å²) in [6.45, 7) is 1.68. The van der Waals surface area contributed by atoms with Gasteiger partial charge in [0.15, 0.2) is 11.5 Å². The number of benzene rings is 1. The third-order valence-corrected chi connectivity index (χ3v) is 5.46. The number of ether oxygens (including phenoxy) is 2. The van der Waals surface area contributed by atoms with Crippen LogP contribution in [0.25, 0.3) is 0 Å². The van der Waals surface area contributed by atoms with Crippen molar-refractivity contribution >= 4 is 10.0 Å². The van der Waals surface area contributed by atoms with E-state index >= 15 is 0 Å². The molecule has 1 N–H and O–H groups in total. The Morgan fingerprint density at radius 2 is 1.81 bits per heavy atom. The van der Waals surface area contributed by atoms with Gasteiger partial charge in [0.05, 0.1) is 19.8 Å². The molecule has 0 saturated carbocycles. The van der Waals surface area contributed by atoms with Crippen molar-refractivity contribution in [3.8, 4) is 11.5 Å². The first-order chi connectivity index (χ1) is 9.77. The molecule has 1 aliphatic rings. The van der Waals surface area contributed by atoms with E-state index in [1.54, 1.807) is 6.92 Å². The standard InChI is InChI=1S/C13H18FNO5S/c1-4-13(16)7-15(8-13)21(17,18)12-6-11(20-3)10(19-2)5-9(12)14/h5-6,16H,4,7-8H2,1-3H3. The van der Waals surface area contributed by atoms with Crippen LogP contribution in [0.15, 0.2) is 17.0 Å². The van der Waals surface area contributed by atoms with Gasteiger partial charge in [0, 0.05) is 25.2 Å². The van der Waals surface area contributed by atoms with Crippen LogP contribution in [0.1, 0.15) is 13.3 Å². The quantitative estimate of drug-likeness (QED) is 0.876. The fourth-order valence-corrected chi connectivity index (χ4v) is 3.84. The van der Waals surface area contributed by atoms with Gasteiger partial charge in [-0.05, 0) is 6.42 Å². The van der Waals surface area contributed by atoms with Crippen LogP contribution in [0.3, 0.4) is 0 Å². The Balaban J connectivity index is 2.38. The lowest BCUT2D eigenvalue weighted by molar-refractivity contribution is -0.0614. The Morgan fingerprint density at radius 1 is 1.29 bits per heavy atom. The molecule has 0 aromatic heterocycles. The Kier molecular flexibility index (Phi) is 4.14. The minimum Gasteiger partial charge on any atom is -0.493 e. The van der Waals surface area contributed by atoms with Gasteiger partial charge < -0.3 is 14.6 Å². The molecule has 0 aliphatic carbocycles. The van der Waals surface area contributed by atoms with Crippen molar-refractivity contribution in [2.75, 3.05) is 27.3 Å². The summed E-state index contributed by atoms with van der Waals surface area (Å²) in [6.07, 6.45) is 0.438. The minimum atomic E-state index is -4.01. The van der Waals surface area contributed by atoms with Crippen molar-refractivity contribution in [2.45, 2.75) is 23.8 Å². The van der Waals surface area contributed by atoms with E-state index in [2.05, 4.69) is 0 Å². The topological polar surface area (TPSA) is 76.1 Å². The molecule has 2 rings (SSSR count). The molecule has 1 fully saturated rings. The molecule has 1 aliphatic heterocycles. The fourth-order valence-electron chi connectivity index (χ4n) is 2.18. The van der Waals surface area contributed by atoms with E-state index < -0.39 is 26.3 Å². The Bertz CT molecular complexity index is 640. The van der Waals surface area contributed by atoms with Crippen LogP contribution in [-0.4, -0.2) is 50.7 Å². The van der Waals surface area contributed by atoms with E-state index in [-0.39, 0.29) is 24.6 Å². The van der Waals surface area contributed by atoms with Gasteiger partial charge in [-0.25, -0.2) is 12.8 Å². The highest BCUT2D eigenvalue weighted by atomic mass is 32.2. The highest BCUT2D eigenvalue weighted by molar-refractivity contribution is 7.89. The van der Waals surface area contributed by atoms with Gasteiger partial charge >= 0.3 is 0 Å². The van der Waals surface area contributed by atoms with Crippen LogP contribution in [0.4, 0.5) is 4.39 Å². The zero-order valence-electron chi connectivity index (χ0n) is 12.1. The van der Waals surface area contributed by atoms with Crippen molar-refractivity contribution in [1.82, 2.24) is 4.31 Å². The number of aliphatic hydroxyl groups is 1. The van der Waals surface area contributed by atoms with Gasteiger partial charge in [-0.3, -0.25) is 0 Å². The Morgan fingerprint density at radius 3 is 2.29 bits per heavy atom. The monoisotopic (exact) mass is 319 g/mol. The van der Waals surface area contributed by atoms with Crippen molar-refractivity contribution in [1.29, 1.82) is 0 Å². The Labute approximate surface area is 123 Å². The summed E-state index contributed by atoms with van der Waals surface area (Å²) in [5.41, 5.74) is -1.03. The van der Waals surface area contributed by atoms with Gasteiger partial charge in [-0.1, -0.05) is 6.92 Å². The lowest BCUT2D eigenvalue weighted by Crippen LogP contribution is -2.62. The number of halogens is 1. The van der Waals surface area contributed by atoms with E-state index in [9.17, 15) is 17.9 Å². The second-order valence-corrected chi connectivity index (χ2v) is 6.89. The summed E-state index contributed by atoms with van der Waals surface area (Å²) in [4.78, 5) is -0.488. The maximum Gasteiger partial charge on any atom is 0.246 e. The maximum absolute atomic E-state index is 14.0. The first-order valence-corrected chi connectivity index (χ1v) is 7.85. The first kappa shape index (κ1) is 16.0. The zero-order valence-corrected chi connectivity index (χ0v) is 12.9. The van der Waals surface area contributed by atoms with Gasteiger partial charge in [-0.2, -0.15) is 4.31 Å². The first-order valence-electron chi connectivity index (χ1n) is 6.41. The molecular weight excluding hydrogens is 301 g/mol. The molecule has 0 atom stereocenters. The molecule has 0 radical (unpaired) electrons. The minimum absolute atomic E-state index is 0.0420. The van der Waals surface area contributed by atoms with Gasteiger partial charge in [0.25, 0.3) is 0 Å². The number of rotatable bonds is 5. The van der Waals surface area contributed by atoms with Gasteiger partial charge in [0.1, 0.15) is 10.7 Å². The van der Waals surface area contributed by atoms with Crippen LogP contribution in [0, 0.1) is 5.82 Å². The second kappa shape index (κ2) is 5.43. The Hall–Kier alpha value is -1.38. The molecule has 1 aromatic rings. The van der Waals surface area contributed by atoms with E-state index in [1.807, 2.05) is 0 Å². The van der Waals surface area contributed by atoms with Gasteiger partial charge in [0.2, 0.25) is 10.0 Å². The molecule has 0 amide bonds. The van der Waals surface area contributed by atoms with Crippen molar-refractivity contribution < 1.29 is 27.4 Å². The van der Waals surface area contributed by atoms with Crippen molar-refractivity contribution in [3.63, 3.8) is 0 Å². The molecule has 8 heteroatoms. The summed E-state index contributed by atoms with van der Waals surface area (Å²) in [5, 5.41) is 9.91. The normalized spacial score (nSPS) is 18.1. The predicted octanol–water partition coefficient (Wildman–Crippen LogP) is 0.988. The van der Waals surface area contributed by atoms with Crippen LogP contribution in [0.5, 0.6) is 11.5 Å². The average molecular weight is 319 g/mol. The summed E-state index contributed by atoms with van der Waals surface area (Å²) in [6, 6.07) is 2.06. The third-order valence-electron chi connectivity index (χ3n) is 3.66. The molecule has 1 aromatic carbocycles. The molecule has 1 saturated heterocycles. The van der Waals surface area contributed by atoms with E-state index in [0.717, 1.165) is 16.4 Å². The van der Waals surface area contributed by atoms with Crippen LogP contribution >= 0.6 is 0 Å². The lowest BCUT2D eigenvalue weighted by atomic mass is 9.94. The smallest absolute Gasteiger partial charge is 0.246 e. The molecule has 1 heterocycles. The van der Waals surface area contributed by atoms with E-state index in [4.69, 9.17) is 9.47 Å². The number of sulfonamides is 1. The number of hydrogen-bond donors (Lipinski definition) is 1. The van der Waals surface area contributed by atoms with Gasteiger partial charge in [-0.15, -0.1) is 0 Å². The van der Waals surface area contributed by atoms with Crippen LogP contribution < -0.4 is 9.47 Å². The third kappa shape index (κ3) is 2.70. The fraction of sp³-hybridized carbons (Fsp3) is 0.538. The highest BCUT2D eigenvalue weighted by Gasteiger charge is 2.46. The summed E-state index contributed by atoms with van der Waals surface area (Å²) >= 11 is 0. The zero-order chi connectivity index (χ0) is 15.8. The molecule has 6 nitrogen and oxygen atoms in total. The average Bonchev–Trinajstić information content (AvgIpc) is 2.43. The molecule has 118 valence electrons. The van der Waals surface area contributed by atoms with Crippen LogP contribution in [0.2, 0.25) is 0 Å². The largest absolute Gasteiger partial charge is 0.493 e. The van der Waals surface area contributed by atoms with Crippen molar-refractivity contribution in [2.24, 2.45) is 0 Å². The summed E-state index contributed by atoms with van der Waals surface area (Å²) in [7, 11) is -1.33. The molecule has 0 bridgehead atoms. The highest BCUT2D eigenvalue weighted by Crippen LogP contribution is 2.36. The molecule has 0 spiro atoms. The molecule has 0 unspecified atom stereocenters. The summed E-state index contributed by atoms with van der Waals surface area (Å²) < 4.78 is 49.8. The number of β-amino-alcohol motifs (C(OH)–C–C–N with tert-alkyl or cyclic N) is 1. The number of hydrogen-bond acceptors (Lipinski definition) is 5. The van der Waals surface area contributed by atoms with Crippen molar-refractivity contribution in [3.05, 3.63) is 17.9 Å². The summed E-state index contributed by atoms with van der Waals surface area (Å²) in [5.74, 6) is -0.675. The van der Waals surface area contributed by atoms with Crippen LogP contribution in [-0.2, 0) is 10.0 Å². The molecule has 21 heavy (non-hydrogen) atoms. The number of methoxy groups -OCH3 is 2. The van der Waals surface area contributed by atoms with E-state index in [1.165, 1.54) is 14.2 Å². The second-order valence-electron chi connectivity index (χ2n) is 4.99.